The van der Waals surface area contributed by atoms with Gasteiger partial charge in [-0.25, -0.2) is 0 Å². The number of nitrogens with two attached hydrogens (primary N) is 1. The number of rotatable bonds is 1. The molecule has 2 heteroatoms. The maximum atomic E-state index is 4.99. The fraction of sp³-hybridized carbons (Fsp3) is 0.333. The second kappa shape index (κ2) is 1.64. The Morgan fingerprint density at radius 1 is 2.20 bits per heavy atom. The smallest absolute Gasteiger partial charge is 0.0883 e. The van der Waals surface area contributed by atoms with Crippen LogP contribution in [-0.2, 0) is 0 Å². The van der Waals surface area contributed by atoms with E-state index in [1.54, 1.807) is 7.05 Å². The summed E-state index contributed by atoms with van der Waals surface area (Å²) in [6.07, 6.45) is 0. The van der Waals surface area contributed by atoms with Gasteiger partial charge in [0.25, 0.3) is 0 Å². The van der Waals surface area contributed by atoms with Crippen molar-refractivity contribution in [1.82, 2.24) is 5.32 Å². The highest BCUT2D eigenvalue weighted by Crippen LogP contribution is 1.52. The average molecular weight is 76.1 g/mol. The third-order valence-electron chi connectivity index (χ3n) is 0.321. The Morgan fingerprint density at radius 2 is 2.40 bits per heavy atom. The minimum atomic E-state index is 0. The Hall–Kier alpha value is -0.660. The molecular weight excluding hydrogens is 64.0 g/mol. The van der Waals surface area contributed by atoms with Gasteiger partial charge in [-0.05, 0) is 0 Å². The zero-order valence-electron chi connectivity index (χ0n) is 3.28. The highest BCUT2D eigenvalue weighted by Gasteiger charge is 1.62. The van der Waals surface area contributed by atoms with Crippen LogP contribution in [0.25, 0.3) is 0 Å². The van der Waals surface area contributed by atoms with E-state index in [9.17, 15) is 0 Å². The molecular formula is C3H12N2. The summed E-state index contributed by atoms with van der Waals surface area (Å²) in [5.41, 5.74) is 4.99. The minimum Gasteiger partial charge on any atom is -0.386 e. The Kier molecular flexibility index (Phi) is 1.42. The zero-order chi connectivity index (χ0) is 4.28. The highest BCUT2D eigenvalue weighted by atomic mass is 14.9. The van der Waals surface area contributed by atoms with E-state index < -0.39 is 0 Å². The van der Waals surface area contributed by atoms with Gasteiger partial charge in [-0.3, -0.25) is 0 Å². The quantitative estimate of drug-likeness (QED) is 0.466. The van der Waals surface area contributed by atoms with Gasteiger partial charge in [0.2, 0.25) is 0 Å². The molecule has 5 heavy (non-hydrogen) atoms. The first-order chi connectivity index (χ1) is 2.27. The van der Waals surface area contributed by atoms with Crippen LogP contribution in [0.1, 0.15) is 2.85 Å². The first-order valence-corrected chi connectivity index (χ1v) is 1.39. The van der Waals surface area contributed by atoms with Crippen LogP contribution in [0, 0.1) is 0 Å². The minimum absolute atomic E-state index is 0. The number of hydrogen-bond acceptors (Lipinski definition) is 2. The monoisotopic (exact) mass is 76.1 g/mol. The van der Waals surface area contributed by atoms with E-state index in [0.717, 1.165) is 0 Å². The van der Waals surface area contributed by atoms with Crippen molar-refractivity contribution in [2.75, 3.05) is 7.05 Å². The molecule has 0 aromatic rings. The number of nitrogens with one attached hydrogen (secondary N) is 1. The molecule has 0 radical (unpaired) electrons. The Bertz CT molecular complexity index is 46.2. The lowest BCUT2D eigenvalue weighted by atomic mass is 10.8. The van der Waals surface area contributed by atoms with Gasteiger partial charge >= 0.3 is 0 Å². The van der Waals surface area contributed by atoms with Crippen molar-refractivity contribution in [3.63, 3.8) is 0 Å². The van der Waals surface area contributed by atoms with Crippen molar-refractivity contribution in [1.29, 1.82) is 0 Å². The maximum Gasteiger partial charge on any atom is 0.0883 e. The molecule has 0 atom stereocenters. The summed E-state index contributed by atoms with van der Waals surface area (Å²) in [6.45, 7) is 3.34. The van der Waals surface area contributed by atoms with Crippen LogP contribution >= 0.6 is 0 Å². The van der Waals surface area contributed by atoms with Gasteiger partial charge in [0, 0.05) is 9.90 Å². The Balaban J connectivity index is -0.0000000800. The zero-order valence-corrected chi connectivity index (χ0v) is 3.28. The molecule has 0 fully saturated rings. The summed E-state index contributed by atoms with van der Waals surface area (Å²) in [5, 5.41) is 2.61. The molecule has 0 unspecified atom stereocenters. The molecule has 34 valence electrons. The molecule has 0 aromatic carbocycles. The topological polar surface area (TPSA) is 38.0 Å². The lowest BCUT2D eigenvalue weighted by molar-refractivity contribution is 0.974. The van der Waals surface area contributed by atoms with Gasteiger partial charge in [-0.15, -0.1) is 0 Å². The fourth-order valence-corrected chi connectivity index (χ4v) is 0. The van der Waals surface area contributed by atoms with Crippen LogP contribution in [0.5, 0.6) is 0 Å². The molecule has 0 aromatic heterocycles. The van der Waals surface area contributed by atoms with Crippen molar-refractivity contribution in [3.05, 3.63) is 12.4 Å². The molecule has 0 bridgehead atoms. The van der Waals surface area contributed by atoms with Gasteiger partial charge in [0.05, 0.1) is 5.82 Å². The molecule has 0 amide bonds. The highest BCUT2D eigenvalue weighted by molar-refractivity contribution is 4.78. The van der Waals surface area contributed by atoms with Crippen molar-refractivity contribution in [2.24, 2.45) is 5.73 Å². The van der Waals surface area contributed by atoms with E-state index in [4.69, 9.17) is 5.73 Å². The molecule has 0 rings (SSSR count). The predicted octanol–water partition coefficient (Wildman–Crippen LogP) is 0.128. The van der Waals surface area contributed by atoms with Crippen LogP contribution in [0.2, 0.25) is 0 Å². The summed E-state index contributed by atoms with van der Waals surface area (Å²) in [4.78, 5) is 0. The van der Waals surface area contributed by atoms with Crippen LogP contribution in [0.4, 0.5) is 0 Å². The van der Waals surface area contributed by atoms with E-state index >= 15 is 0 Å². The standard InChI is InChI=1S/C3H8N2.2H2/c1-3(4)5-2;;/h5H,1,4H2,2H3;2*1H. The van der Waals surface area contributed by atoms with Gasteiger partial charge in [-0.1, -0.05) is 6.58 Å². The molecule has 0 saturated carbocycles. The summed E-state index contributed by atoms with van der Waals surface area (Å²) in [6, 6.07) is 0. The van der Waals surface area contributed by atoms with Gasteiger partial charge < -0.3 is 11.1 Å². The molecule has 0 aliphatic heterocycles. The summed E-state index contributed by atoms with van der Waals surface area (Å²) in [7, 11) is 1.72. The first-order valence-electron chi connectivity index (χ1n) is 1.39. The van der Waals surface area contributed by atoms with Crippen molar-refractivity contribution in [2.45, 2.75) is 0 Å². The first kappa shape index (κ1) is 4.34. The van der Waals surface area contributed by atoms with E-state index in [1.165, 1.54) is 0 Å². The fourth-order valence-electron chi connectivity index (χ4n) is 0. The van der Waals surface area contributed by atoms with Crippen LogP contribution < -0.4 is 11.1 Å². The van der Waals surface area contributed by atoms with Crippen LogP contribution in [0.15, 0.2) is 12.4 Å². The lowest BCUT2D eigenvalue weighted by Gasteiger charge is -1.88. The molecule has 0 spiro atoms. The largest absolute Gasteiger partial charge is 0.386 e. The lowest BCUT2D eigenvalue weighted by Crippen LogP contribution is -2.11. The second-order valence-electron chi connectivity index (χ2n) is 0.775. The molecule has 0 heterocycles. The summed E-state index contributed by atoms with van der Waals surface area (Å²) < 4.78 is 0. The Morgan fingerprint density at radius 3 is 2.40 bits per heavy atom. The normalized spacial score (nSPS) is 6.60. The maximum absolute atomic E-state index is 4.99. The van der Waals surface area contributed by atoms with Gasteiger partial charge in [-0.2, -0.15) is 0 Å². The second-order valence-corrected chi connectivity index (χ2v) is 0.775. The SMILES string of the molecule is C=C(N)NC.[HH].[HH]. The van der Waals surface area contributed by atoms with Gasteiger partial charge in [0.15, 0.2) is 0 Å². The third kappa shape index (κ3) is 3.34. The molecule has 2 nitrogen and oxygen atoms in total. The number of hydrogen-bond donors (Lipinski definition) is 2. The molecule has 0 aliphatic carbocycles. The van der Waals surface area contributed by atoms with Crippen molar-refractivity contribution in [3.8, 4) is 0 Å². The molecule has 0 aliphatic rings. The predicted molar refractivity (Wildman–Crippen MR) is 26.6 cm³/mol. The summed E-state index contributed by atoms with van der Waals surface area (Å²) in [5.74, 6) is 0.505. The summed E-state index contributed by atoms with van der Waals surface area (Å²) >= 11 is 0. The van der Waals surface area contributed by atoms with E-state index in [-0.39, 0.29) is 2.85 Å². The molecule has 0 saturated heterocycles. The van der Waals surface area contributed by atoms with E-state index in [2.05, 4.69) is 11.9 Å². The van der Waals surface area contributed by atoms with Crippen LogP contribution in [-0.4, -0.2) is 7.05 Å². The van der Waals surface area contributed by atoms with Gasteiger partial charge in [0.1, 0.15) is 0 Å². The van der Waals surface area contributed by atoms with E-state index in [1.807, 2.05) is 0 Å². The third-order valence-corrected chi connectivity index (χ3v) is 0.321. The Labute approximate surface area is 34.6 Å². The van der Waals surface area contributed by atoms with E-state index in [0.29, 0.717) is 5.82 Å². The average Bonchev–Trinajstić information content (AvgIpc) is 1.38. The van der Waals surface area contributed by atoms with Crippen LogP contribution in [0.3, 0.4) is 0 Å². The molecule has 3 N–H and O–H groups in total. The van der Waals surface area contributed by atoms with Crippen molar-refractivity contribution >= 4 is 0 Å². The van der Waals surface area contributed by atoms with Crippen molar-refractivity contribution < 1.29 is 2.85 Å².